The molecular formula is C33H50N8O6S2. The van der Waals surface area contributed by atoms with Gasteiger partial charge in [-0.2, -0.15) is 23.5 Å². The van der Waals surface area contributed by atoms with Crippen LogP contribution in [0, 0.1) is 5.41 Å². The lowest BCUT2D eigenvalue weighted by Crippen LogP contribution is -2.47. The van der Waals surface area contributed by atoms with Gasteiger partial charge in [-0.3, -0.25) is 14.2 Å². The number of esters is 2. The summed E-state index contributed by atoms with van der Waals surface area (Å²) < 4.78 is 19.7. The molecule has 0 bridgehead atoms. The molecule has 0 saturated carbocycles. The van der Waals surface area contributed by atoms with Gasteiger partial charge in [0.2, 0.25) is 0 Å². The summed E-state index contributed by atoms with van der Waals surface area (Å²) in [5.41, 5.74) is 6.98. The molecule has 0 spiro atoms. The molecule has 6 rings (SSSR count). The van der Waals surface area contributed by atoms with E-state index in [2.05, 4.69) is 51.7 Å². The fourth-order valence-electron chi connectivity index (χ4n) is 7.71. The highest BCUT2D eigenvalue weighted by Crippen LogP contribution is 2.43. The highest BCUT2D eigenvalue weighted by Gasteiger charge is 2.51. The van der Waals surface area contributed by atoms with E-state index in [1.807, 2.05) is 30.6 Å². The molecule has 270 valence electrons. The number of rotatable bonds is 15. The van der Waals surface area contributed by atoms with E-state index >= 15 is 0 Å². The molecule has 4 aliphatic heterocycles. The quantitative estimate of drug-likeness (QED) is 0.119. The molecule has 2 aromatic heterocycles. The predicted molar refractivity (Wildman–Crippen MR) is 189 cm³/mol. The van der Waals surface area contributed by atoms with Crippen molar-refractivity contribution in [1.82, 2.24) is 35.5 Å². The van der Waals surface area contributed by atoms with Crippen molar-refractivity contribution in [3.63, 3.8) is 0 Å². The second-order valence-electron chi connectivity index (χ2n) is 14.6. The van der Waals surface area contributed by atoms with Gasteiger partial charge in [-0.15, -0.1) is 0 Å². The average molecular weight is 719 g/mol. The third-order valence-electron chi connectivity index (χ3n) is 10.3. The van der Waals surface area contributed by atoms with Gasteiger partial charge in [-0.05, 0) is 45.1 Å². The number of nitrogen functional groups attached to an aromatic ring is 1. The molecule has 5 N–H and O–H groups in total. The normalized spacial score (nSPS) is 31.8. The Kier molecular flexibility index (Phi) is 11.2. The number of unbranched alkanes of at least 4 members (excludes halogenated alkanes) is 2. The van der Waals surface area contributed by atoms with Crippen LogP contribution in [-0.2, 0) is 23.8 Å². The van der Waals surface area contributed by atoms with Gasteiger partial charge in [0, 0.05) is 47.3 Å². The van der Waals surface area contributed by atoms with Crippen LogP contribution in [0.5, 0.6) is 0 Å². The number of nitrogens with one attached hydrogen (secondary N) is 3. The van der Waals surface area contributed by atoms with Gasteiger partial charge < -0.3 is 35.9 Å². The van der Waals surface area contributed by atoms with Crippen molar-refractivity contribution in [3.05, 3.63) is 12.7 Å². The van der Waals surface area contributed by atoms with Crippen LogP contribution in [0.25, 0.3) is 11.2 Å². The molecule has 16 heteroatoms. The van der Waals surface area contributed by atoms with E-state index in [4.69, 9.17) is 19.9 Å². The van der Waals surface area contributed by atoms with Crippen molar-refractivity contribution in [1.29, 1.82) is 0 Å². The first-order chi connectivity index (χ1) is 23.5. The number of fused-ring (bicyclic) bond motifs is 2. The van der Waals surface area contributed by atoms with Gasteiger partial charge in [-0.1, -0.05) is 26.7 Å². The molecule has 6 heterocycles. The summed E-state index contributed by atoms with van der Waals surface area (Å²) in [6.45, 7) is 6.74. The van der Waals surface area contributed by atoms with E-state index in [9.17, 15) is 14.4 Å². The number of nitrogens with two attached hydrogens (primary N) is 1. The van der Waals surface area contributed by atoms with Crippen molar-refractivity contribution in [3.8, 4) is 0 Å². The summed E-state index contributed by atoms with van der Waals surface area (Å²) in [6.07, 6.45) is 7.31. The number of imidazole rings is 1. The van der Waals surface area contributed by atoms with Gasteiger partial charge in [0.05, 0.1) is 24.0 Å². The predicted octanol–water partition coefficient (Wildman–Crippen LogP) is 3.56. The van der Waals surface area contributed by atoms with Crippen LogP contribution < -0.4 is 21.7 Å². The van der Waals surface area contributed by atoms with Crippen LogP contribution in [0.3, 0.4) is 0 Å². The number of thioether (sulfide) groups is 2. The Labute approximate surface area is 295 Å². The number of anilines is 1. The lowest BCUT2D eigenvalue weighted by Gasteiger charge is -2.29. The molecule has 0 aromatic carbocycles. The Morgan fingerprint density at radius 2 is 1.80 bits per heavy atom. The van der Waals surface area contributed by atoms with Crippen LogP contribution in [0.1, 0.15) is 84.8 Å². The van der Waals surface area contributed by atoms with Gasteiger partial charge in [-0.25, -0.2) is 19.7 Å². The Bertz CT molecular complexity index is 1510. The maximum Gasteiger partial charge on any atom is 0.315 e. The second-order valence-corrected chi connectivity index (χ2v) is 17.1. The summed E-state index contributed by atoms with van der Waals surface area (Å²) in [6, 6.07) is 0.462. The Balaban J connectivity index is 0.979. The molecule has 14 nitrogen and oxygen atoms in total. The number of urea groups is 1. The largest absolute Gasteiger partial charge is 0.463 e. The minimum absolute atomic E-state index is 0.0474. The summed E-state index contributed by atoms with van der Waals surface area (Å²) in [5, 5.41) is 10.4. The number of hydrogen-bond donors (Lipinski definition) is 4. The molecular weight excluding hydrogens is 669 g/mol. The fraction of sp³-hybridized carbons (Fsp3) is 0.758. The van der Waals surface area contributed by atoms with E-state index in [1.165, 1.54) is 6.33 Å². The van der Waals surface area contributed by atoms with Gasteiger partial charge in [0.25, 0.3) is 0 Å². The number of aromatic nitrogens is 4. The van der Waals surface area contributed by atoms with Crippen LogP contribution in [-0.4, -0.2) is 103 Å². The first-order valence-electron chi connectivity index (χ1n) is 17.4. The van der Waals surface area contributed by atoms with Crippen LogP contribution in [0.15, 0.2) is 12.7 Å². The highest BCUT2D eigenvalue weighted by atomic mass is 32.2. The topological polar surface area (TPSA) is 185 Å². The van der Waals surface area contributed by atoms with E-state index in [0.717, 1.165) is 43.6 Å². The highest BCUT2D eigenvalue weighted by molar-refractivity contribution is 8.00. The molecule has 4 saturated heterocycles. The van der Waals surface area contributed by atoms with Crippen LogP contribution in [0.2, 0.25) is 0 Å². The van der Waals surface area contributed by atoms with E-state index in [0.29, 0.717) is 53.4 Å². The van der Waals surface area contributed by atoms with Gasteiger partial charge in [0.15, 0.2) is 17.7 Å². The number of nitrogens with zero attached hydrogens (tertiary/aromatic N) is 4. The molecule has 4 fully saturated rings. The lowest BCUT2D eigenvalue weighted by molar-refractivity contribution is -0.155. The van der Waals surface area contributed by atoms with Gasteiger partial charge >= 0.3 is 18.0 Å². The van der Waals surface area contributed by atoms with Crippen molar-refractivity contribution >= 4 is 58.5 Å². The monoisotopic (exact) mass is 718 g/mol. The van der Waals surface area contributed by atoms with Crippen molar-refractivity contribution in [2.24, 2.45) is 5.41 Å². The second kappa shape index (κ2) is 15.2. The first-order valence-corrected chi connectivity index (χ1v) is 19.5. The number of carbonyl (C=O) groups is 3. The average Bonchev–Trinajstić information content (AvgIpc) is 3.85. The number of amides is 2. The molecule has 2 amide bonds. The third kappa shape index (κ3) is 8.07. The molecule has 8 atom stereocenters. The zero-order chi connectivity index (χ0) is 34.8. The Morgan fingerprint density at radius 1 is 1.06 bits per heavy atom. The number of hydrogen-bond acceptors (Lipinski definition) is 13. The molecule has 4 aliphatic rings. The van der Waals surface area contributed by atoms with Crippen LogP contribution in [0.4, 0.5) is 10.6 Å². The smallest absolute Gasteiger partial charge is 0.315 e. The SMILES string of the molecule is CN[C@@H]1[C@H](CCCCC(=O)O[C@H]2C[C@@H](COC(=O)CCCC[C@@H]3SC[C@]4(C)NC(=O)N[C@H]34)O[C@H]2n2cnc3c(N)ncnc32)SCC1(C)C. The van der Waals surface area contributed by atoms with E-state index < -0.39 is 18.4 Å². The molecule has 0 radical (unpaired) electrons. The summed E-state index contributed by atoms with van der Waals surface area (Å²) >= 11 is 3.88. The molecule has 0 aliphatic carbocycles. The Hall–Kier alpha value is -2.82. The number of ether oxygens (including phenoxy) is 3. The minimum atomic E-state index is -0.708. The summed E-state index contributed by atoms with van der Waals surface area (Å²) in [7, 11) is 2.03. The fourth-order valence-corrected chi connectivity index (χ4v) is 11.3. The molecule has 49 heavy (non-hydrogen) atoms. The Morgan fingerprint density at radius 3 is 2.57 bits per heavy atom. The lowest BCUT2D eigenvalue weighted by atomic mass is 9.84. The van der Waals surface area contributed by atoms with Crippen molar-refractivity contribution in [2.75, 3.05) is 30.9 Å². The van der Waals surface area contributed by atoms with Crippen molar-refractivity contribution in [2.45, 2.75) is 125 Å². The first kappa shape index (κ1) is 36.0. The zero-order valence-electron chi connectivity index (χ0n) is 28.8. The maximum absolute atomic E-state index is 13.1. The van der Waals surface area contributed by atoms with Crippen molar-refractivity contribution < 1.29 is 28.6 Å². The maximum atomic E-state index is 13.1. The standard InChI is InChI=1S/C33H50N8O6S2/c1-32(2)15-48-21(26(32)35-4)9-6-8-12-24(43)47-20-13-19(46-30(20)41-18-38-25-28(34)36-17-37-29(25)41)14-45-23(42)11-7-5-10-22-27-33(3,16-49-22)40-31(44)39-27/h17-22,26-27,30,35H,5-16H2,1-4H3,(H2,34,36,37)(H2,39,40,44)/t19-,20-,21-,22-,26+,27+,30+,33-/m0/s1. The minimum Gasteiger partial charge on any atom is -0.463 e. The summed E-state index contributed by atoms with van der Waals surface area (Å²) in [5.74, 6) is 1.68. The van der Waals surface area contributed by atoms with E-state index in [1.54, 1.807) is 10.9 Å². The van der Waals surface area contributed by atoms with Gasteiger partial charge in [0.1, 0.15) is 24.6 Å². The third-order valence-corrected chi connectivity index (χ3v) is 13.8. The summed E-state index contributed by atoms with van der Waals surface area (Å²) in [4.78, 5) is 50.3. The molecule has 0 unspecified atom stereocenters. The zero-order valence-corrected chi connectivity index (χ0v) is 30.4. The molecule has 2 aromatic rings. The van der Waals surface area contributed by atoms with E-state index in [-0.39, 0.29) is 47.4 Å². The number of carbonyl (C=O) groups excluding carboxylic acids is 3. The van der Waals surface area contributed by atoms with Crippen LogP contribution >= 0.6 is 23.5 Å².